The molecule has 0 saturated carbocycles. The molecule has 1 unspecified atom stereocenters. The highest BCUT2D eigenvalue weighted by Gasteiger charge is 2.13. The van der Waals surface area contributed by atoms with Crippen LogP contribution in [0.3, 0.4) is 0 Å². The van der Waals surface area contributed by atoms with Gasteiger partial charge in [-0.3, -0.25) is 0 Å². The van der Waals surface area contributed by atoms with Crippen LogP contribution in [-0.2, 0) is 9.47 Å². The Bertz CT molecular complexity index is 179. The van der Waals surface area contributed by atoms with E-state index in [1.165, 1.54) is 25.9 Å². The van der Waals surface area contributed by atoms with Gasteiger partial charge in [0.15, 0.2) is 0 Å². The molecule has 1 aliphatic rings. The second-order valence-electron chi connectivity index (χ2n) is 4.65. The first-order valence-electron chi connectivity index (χ1n) is 6.89. The van der Waals surface area contributed by atoms with Gasteiger partial charge in [0.25, 0.3) is 0 Å². The van der Waals surface area contributed by atoms with Crippen molar-refractivity contribution in [1.82, 2.24) is 10.2 Å². The highest BCUT2D eigenvalue weighted by atomic mass is 16.5. The van der Waals surface area contributed by atoms with Gasteiger partial charge in [-0.25, -0.2) is 0 Å². The zero-order chi connectivity index (χ0) is 12.3. The van der Waals surface area contributed by atoms with Crippen LogP contribution in [0.25, 0.3) is 0 Å². The molecule has 0 amide bonds. The lowest BCUT2D eigenvalue weighted by Gasteiger charge is -2.19. The standard InChI is InChI=1S/C13H28N2O2/c1-3-13-5-8-15(9-6-14-13)7-4-10-17-12-11-16-2/h13-14H,3-12H2,1-2H3. The first kappa shape index (κ1) is 14.9. The predicted octanol–water partition coefficient (Wildman–Crippen LogP) is 1.11. The minimum absolute atomic E-state index is 0.700. The van der Waals surface area contributed by atoms with Gasteiger partial charge in [-0.1, -0.05) is 6.92 Å². The van der Waals surface area contributed by atoms with Gasteiger partial charge in [-0.15, -0.1) is 0 Å². The van der Waals surface area contributed by atoms with Crippen LogP contribution in [0.4, 0.5) is 0 Å². The number of rotatable bonds is 8. The molecular formula is C13H28N2O2. The van der Waals surface area contributed by atoms with Gasteiger partial charge in [0.1, 0.15) is 0 Å². The zero-order valence-electron chi connectivity index (χ0n) is 11.4. The van der Waals surface area contributed by atoms with E-state index in [9.17, 15) is 0 Å². The second kappa shape index (κ2) is 9.83. The SMILES string of the molecule is CCC1CCN(CCCOCCOC)CCN1. The lowest BCUT2D eigenvalue weighted by atomic mass is 10.1. The maximum Gasteiger partial charge on any atom is 0.0700 e. The van der Waals surface area contributed by atoms with Crippen LogP contribution < -0.4 is 5.32 Å². The normalized spacial score (nSPS) is 22.6. The van der Waals surface area contributed by atoms with E-state index in [1.54, 1.807) is 7.11 Å². The topological polar surface area (TPSA) is 33.7 Å². The third kappa shape index (κ3) is 6.99. The fraction of sp³-hybridized carbons (Fsp3) is 1.00. The van der Waals surface area contributed by atoms with E-state index < -0.39 is 0 Å². The lowest BCUT2D eigenvalue weighted by molar-refractivity contribution is 0.0655. The van der Waals surface area contributed by atoms with Crippen molar-refractivity contribution < 1.29 is 9.47 Å². The molecule has 102 valence electrons. The largest absolute Gasteiger partial charge is 0.382 e. The van der Waals surface area contributed by atoms with Crippen molar-refractivity contribution in [2.24, 2.45) is 0 Å². The molecule has 1 N–H and O–H groups in total. The molecule has 0 spiro atoms. The quantitative estimate of drug-likeness (QED) is 0.649. The number of nitrogens with one attached hydrogen (secondary N) is 1. The smallest absolute Gasteiger partial charge is 0.0700 e. The Morgan fingerprint density at radius 1 is 1.24 bits per heavy atom. The van der Waals surface area contributed by atoms with Gasteiger partial charge in [0, 0.05) is 39.4 Å². The van der Waals surface area contributed by atoms with Crippen LogP contribution in [0, 0.1) is 0 Å². The molecule has 0 bridgehead atoms. The molecule has 1 fully saturated rings. The van der Waals surface area contributed by atoms with Crippen LogP contribution >= 0.6 is 0 Å². The third-order valence-corrected chi connectivity index (χ3v) is 3.34. The zero-order valence-corrected chi connectivity index (χ0v) is 11.4. The number of ether oxygens (including phenoxy) is 2. The van der Waals surface area contributed by atoms with Crippen LogP contribution in [0.1, 0.15) is 26.2 Å². The van der Waals surface area contributed by atoms with E-state index in [0.717, 1.165) is 38.8 Å². The van der Waals surface area contributed by atoms with E-state index in [-0.39, 0.29) is 0 Å². The average Bonchev–Trinajstić information content (AvgIpc) is 2.59. The summed E-state index contributed by atoms with van der Waals surface area (Å²) in [5, 5.41) is 3.59. The predicted molar refractivity (Wildman–Crippen MR) is 70.5 cm³/mol. The Hall–Kier alpha value is -0.160. The Balaban J connectivity index is 1.99. The fourth-order valence-corrected chi connectivity index (χ4v) is 2.19. The van der Waals surface area contributed by atoms with Gasteiger partial charge in [0.2, 0.25) is 0 Å². The summed E-state index contributed by atoms with van der Waals surface area (Å²) in [6, 6.07) is 0.720. The van der Waals surface area contributed by atoms with Crippen molar-refractivity contribution in [3.05, 3.63) is 0 Å². The molecule has 1 aliphatic heterocycles. The average molecular weight is 244 g/mol. The molecule has 17 heavy (non-hydrogen) atoms. The molecule has 0 aliphatic carbocycles. The molecule has 1 atom stereocenters. The third-order valence-electron chi connectivity index (χ3n) is 3.34. The van der Waals surface area contributed by atoms with Gasteiger partial charge < -0.3 is 19.7 Å². The van der Waals surface area contributed by atoms with E-state index in [1.807, 2.05) is 0 Å². The molecule has 4 nitrogen and oxygen atoms in total. The van der Waals surface area contributed by atoms with Crippen LogP contribution in [-0.4, -0.2) is 64.1 Å². The highest BCUT2D eigenvalue weighted by Crippen LogP contribution is 2.05. The summed E-state index contributed by atoms with van der Waals surface area (Å²) in [7, 11) is 1.71. The van der Waals surface area contributed by atoms with Gasteiger partial charge in [-0.05, 0) is 25.8 Å². The van der Waals surface area contributed by atoms with Gasteiger partial charge in [0.05, 0.1) is 13.2 Å². The molecule has 4 heteroatoms. The number of nitrogens with zero attached hydrogens (tertiary/aromatic N) is 1. The van der Waals surface area contributed by atoms with Gasteiger partial charge in [-0.2, -0.15) is 0 Å². The fourth-order valence-electron chi connectivity index (χ4n) is 2.19. The molecule has 0 radical (unpaired) electrons. The van der Waals surface area contributed by atoms with E-state index in [2.05, 4.69) is 17.1 Å². The molecule has 0 aromatic carbocycles. The molecule has 1 heterocycles. The summed E-state index contributed by atoms with van der Waals surface area (Å²) in [5.41, 5.74) is 0. The molecule has 1 saturated heterocycles. The van der Waals surface area contributed by atoms with Crippen LogP contribution in [0.2, 0.25) is 0 Å². The molecule has 1 rings (SSSR count). The van der Waals surface area contributed by atoms with E-state index >= 15 is 0 Å². The summed E-state index contributed by atoms with van der Waals surface area (Å²) in [6.45, 7) is 9.22. The Labute approximate surface area is 106 Å². The molecule has 0 aromatic rings. The van der Waals surface area contributed by atoms with Crippen molar-refractivity contribution in [3.8, 4) is 0 Å². The summed E-state index contributed by atoms with van der Waals surface area (Å²) in [4.78, 5) is 2.54. The van der Waals surface area contributed by atoms with Crippen molar-refractivity contribution >= 4 is 0 Å². The maximum atomic E-state index is 5.47. The van der Waals surface area contributed by atoms with Crippen molar-refractivity contribution in [3.63, 3.8) is 0 Å². The second-order valence-corrected chi connectivity index (χ2v) is 4.65. The molecule has 0 aromatic heterocycles. The highest BCUT2D eigenvalue weighted by molar-refractivity contribution is 4.73. The first-order valence-corrected chi connectivity index (χ1v) is 6.89. The summed E-state index contributed by atoms with van der Waals surface area (Å²) in [5.74, 6) is 0. The summed E-state index contributed by atoms with van der Waals surface area (Å²) in [6.07, 6.45) is 3.65. The van der Waals surface area contributed by atoms with E-state index in [4.69, 9.17) is 9.47 Å². The van der Waals surface area contributed by atoms with Crippen LogP contribution in [0.5, 0.6) is 0 Å². The lowest BCUT2D eigenvalue weighted by Crippen LogP contribution is -2.30. The Morgan fingerprint density at radius 3 is 2.88 bits per heavy atom. The van der Waals surface area contributed by atoms with Gasteiger partial charge >= 0.3 is 0 Å². The minimum atomic E-state index is 0.700. The number of methoxy groups -OCH3 is 1. The van der Waals surface area contributed by atoms with Crippen molar-refractivity contribution in [1.29, 1.82) is 0 Å². The summed E-state index contributed by atoms with van der Waals surface area (Å²) >= 11 is 0. The minimum Gasteiger partial charge on any atom is -0.382 e. The van der Waals surface area contributed by atoms with Crippen LogP contribution in [0.15, 0.2) is 0 Å². The molecular weight excluding hydrogens is 216 g/mol. The number of hydrogen-bond acceptors (Lipinski definition) is 4. The van der Waals surface area contributed by atoms with Crippen molar-refractivity contribution in [2.75, 3.05) is 53.1 Å². The number of hydrogen-bond donors (Lipinski definition) is 1. The maximum absolute atomic E-state index is 5.47. The first-order chi connectivity index (χ1) is 8.36. The van der Waals surface area contributed by atoms with Crippen molar-refractivity contribution in [2.45, 2.75) is 32.2 Å². The summed E-state index contributed by atoms with van der Waals surface area (Å²) < 4.78 is 10.4. The van der Waals surface area contributed by atoms with E-state index in [0.29, 0.717) is 6.61 Å². The monoisotopic (exact) mass is 244 g/mol. The Kier molecular flexibility index (Phi) is 8.61. The Morgan fingerprint density at radius 2 is 2.12 bits per heavy atom.